The molecule has 0 aliphatic rings. The van der Waals surface area contributed by atoms with Gasteiger partial charge in [0.1, 0.15) is 5.75 Å². The minimum Gasteiger partial charge on any atom is -0.492 e. The number of rotatable bonds is 6. The summed E-state index contributed by atoms with van der Waals surface area (Å²) in [7, 11) is 0. The average molecular weight is 295 g/mol. The molecule has 1 heterocycles. The second-order valence-corrected chi connectivity index (χ2v) is 5.38. The molecule has 100 valence electrons. The first-order chi connectivity index (χ1) is 9.29. The van der Waals surface area contributed by atoms with Crippen molar-refractivity contribution in [2.45, 2.75) is 11.6 Å². The fourth-order valence-electron chi connectivity index (χ4n) is 1.56. The lowest BCUT2D eigenvalue weighted by Gasteiger charge is -2.09. The van der Waals surface area contributed by atoms with Crippen LogP contribution in [-0.4, -0.2) is 17.3 Å². The molecule has 2 N–H and O–H groups in total. The summed E-state index contributed by atoms with van der Waals surface area (Å²) in [5.74, 6) is 1.68. The van der Waals surface area contributed by atoms with E-state index in [4.69, 9.17) is 22.1 Å². The zero-order chi connectivity index (χ0) is 13.5. The Labute approximate surface area is 122 Å². The van der Waals surface area contributed by atoms with Crippen molar-refractivity contribution in [1.82, 2.24) is 4.98 Å². The van der Waals surface area contributed by atoms with Gasteiger partial charge in [0.2, 0.25) is 0 Å². The van der Waals surface area contributed by atoms with E-state index in [2.05, 4.69) is 4.98 Å². The molecule has 2 aromatic rings. The number of hydrogen-bond donors (Lipinski definition) is 1. The highest BCUT2D eigenvalue weighted by Gasteiger charge is 2.01. The summed E-state index contributed by atoms with van der Waals surface area (Å²) in [6.45, 7) is 1.11. The minimum atomic E-state index is 0.488. The molecule has 0 atom stereocenters. The number of thioether (sulfide) groups is 1. The van der Waals surface area contributed by atoms with Gasteiger partial charge in [0.15, 0.2) is 0 Å². The molecule has 0 fully saturated rings. The maximum atomic E-state index is 5.78. The summed E-state index contributed by atoms with van der Waals surface area (Å²) in [5.41, 5.74) is 6.68. The quantitative estimate of drug-likeness (QED) is 0.655. The molecular weight excluding hydrogens is 280 g/mol. The predicted molar refractivity (Wildman–Crippen MR) is 79.8 cm³/mol. The van der Waals surface area contributed by atoms with Gasteiger partial charge in [-0.15, -0.1) is 11.8 Å². The number of ether oxygens (including phenoxy) is 1. The fourth-order valence-corrected chi connectivity index (χ4v) is 2.34. The van der Waals surface area contributed by atoms with Crippen molar-refractivity contribution < 1.29 is 4.74 Å². The standard InChI is InChI=1S/C14H15ClN2OS/c15-12-5-6-14(17-10-12)19-8-7-18-13-4-2-1-3-11(13)9-16/h1-6,10H,7-9,16H2. The number of pyridine rings is 1. The highest BCUT2D eigenvalue weighted by Crippen LogP contribution is 2.19. The highest BCUT2D eigenvalue weighted by atomic mass is 35.5. The van der Waals surface area contributed by atoms with E-state index in [0.717, 1.165) is 22.1 Å². The lowest BCUT2D eigenvalue weighted by atomic mass is 10.2. The zero-order valence-corrected chi connectivity index (χ0v) is 12.0. The van der Waals surface area contributed by atoms with Crippen molar-refractivity contribution in [2.75, 3.05) is 12.4 Å². The number of para-hydroxylation sites is 1. The van der Waals surface area contributed by atoms with Crippen LogP contribution in [-0.2, 0) is 6.54 Å². The van der Waals surface area contributed by atoms with Crippen molar-refractivity contribution in [1.29, 1.82) is 0 Å². The first-order valence-electron chi connectivity index (χ1n) is 5.94. The van der Waals surface area contributed by atoms with Gasteiger partial charge in [-0.3, -0.25) is 0 Å². The molecule has 3 nitrogen and oxygen atoms in total. The van der Waals surface area contributed by atoms with E-state index in [1.54, 1.807) is 18.0 Å². The number of halogens is 1. The molecule has 0 saturated heterocycles. The zero-order valence-electron chi connectivity index (χ0n) is 10.4. The lowest BCUT2D eigenvalue weighted by molar-refractivity contribution is 0.340. The minimum absolute atomic E-state index is 0.488. The second-order valence-electron chi connectivity index (χ2n) is 3.82. The van der Waals surface area contributed by atoms with E-state index < -0.39 is 0 Å². The number of nitrogens with zero attached hydrogens (tertiary/aromatic N) is 1. The third kappa shape index (κ3) is 4.42. The molecule has 0 amide bonds. The fraction of sp³-hybridized carbons (Fsp3) is 0.214. The van der Waals surface area contributed by atoms with Crippen molar-refractivity contribution in [3.8, 4) is 5.75 Å². The largest absolute Gasteiger partial charge is 0.492 e. The Morgan fingerprint density at radius 1 is 1.21 bits per heavy atom. The number of aromatic nitrogens is 1. The Balaban J connectivity index is 1.79. The first-order valence-corrected chi connectivity index (χ1v) is 7.31. The third-order valence-electron chi connectivity index (χ3n) is 2.48. The predicted octanol–water partition coefficient (Wildman–Crippen LogP) is 3.36. The van der Waals surface area contributed by atoms with E-state index >= 15 is 0 Å². The van der Waals surface area contributed by atoms with E-state index in [1.807, 2.05) is 36.4 Å². The van der Waals surface area contributed by atoms with E-state index in [9.17, 15) is 0 Å². The van der Waals surface area contributed by atoms with Gasteiger partial charge in [-0.05, 0) is 18.2 Å². The van der Waals surface area contributed by atoms with Crippen LogP contribution in [0.15, 0.2) is 47.6 Å². The van der Waals surface area contributed by atoms with Crippen LogP contribution >= 0.6 is 23.4 Å². The van der Waals surface area contributed by atoms with Gasteiger partial charge in [-0.1, -0.05) is 29.8 Å². The van der Waals surface area contributed by atoms with Crippen molar-refractivity contribution in [3.63, 3.8) is 0 Å². The molecule has 0 aliphatic carbocycles. The topological polar surface area (TPSA) is 48.1 Å². The van der Waals surface area contributed by atoms with Crippen LogP contribution in [0.4, 0.5) is 0 Å². The van der Waals surface area contributed by atoms with Crippen LogP contribution < -0.4 is 10.5 Å². The maximum absolute atomic E-state index is 5.78. The normalized spacial score (nSPS) is 10.4. The summed E-state index contributed by atoms with van der Waals surface area (Å²) in [6, 6.07) is 11.6. The SMILES string of the molecule is NCc1ccccc1OCCSc1ccc(Cl)cn1. The van der Waals surface area contributed by atoms with Gasteiger partial charge in [-0.2, -0.15) is 0 Å². The van der Waals surface area contributed by atoms with Gasteiger partial charge in [-0.25, -0.2) is 4.98 Å². The Morgan fingerprint density at radius 3 is 2.79 bits per heavy atom. The monoisotopic (exact) mass is 294 g/mol. The number of benzene rings is 1. The van der Waals surface area contributed by atoms with Gasteiger partial charge >= 0.3 is 0 Å². The van der Waals surface area contributed by atoms with Gasteiger partial charge in [0.25, 0.3) is 0 Å². The molecule has 0 unspecified atom stereocenters. The molecule has 0 spiro atoms. The van der Waals surface area contributed by atoms with Crippen LogP contribution in [0.5, 0.6) is 5.75 Å². The summed E-state index contributed by atoms with van der Waals surface area (Å²) in [5, 5.41) is 1.59. The Hall–Kier alpha value is -1.23. The third-order valence-corrected chi connectivity index (χ3v) is 3.62. The molecule has 0 saturated carbocycles. The number of nitrogens with two attached hydrogens (primary N) is 1. The van der Waals surface area contributed by atoms with Gasteiger partial charge in [0.05, 0.1) is 16.7 Å². The maximum Gasteiger partial charge on any atom is 0.123 e. The summed E-state index contributed by atoms with van der Waals surface area (Å²) in [6.07, 6.45) is 1.65. The highest BCUT2D eigenvalue weighted by molar-refractivity contribution is 7.99. The molecule has 2 rings (SSSR count). The van der Waals surface area contributed by atoms with Crippen LogP contribution in [0.25, 0.3) is 0 Å². The molecule has 5 heteroatoms. The van der Waals surface area contributed by atoms with E-state index in [1.165, 1.54) is 0 Å². The molecule has 1 aromatic carbocycles. The lowest BCUT2D eigenvalue weighted by Crippen LogP contribution is -2.05. The average Bonchev–Trinajstić information content (AvgIpc) is 2.46. The first kappa shape index (κ1) is 14.2. The van der Waals surface area contributed by atoms with Crippen LogP contribution in [0.1, 0.15) is 5.56 Å². The summed E-state index contributed by atoms with van der Waals surface area (Å²) in [4.78, 5) is 4.21. The molecule has 1 aromatic heterocycles. The summed E-state index contributed by atoms with van der Waals surface area (Å²) < 4.78 is 5.72. The Bertz CT molecular complexity index is 519. The van der Waals surface area contributed by atoms with Crippen LogP contribution in [0.3, 0.4) is 0 Å². The smallest absolute Gasteiger partial charge is 0.123 e. The molecule has 19 heavy (non-hydrogen) atoms. The van der Waals surface area contributed by atoms with E-state index in [0.29, 0.717) is 18.2 Å². The summed E-state index contributed by atoms with van der Waals surface area (Å²) >= 11 is 7.41. The van der Waals surface area contributed by atoms with Crippen molar-refractivity contribution in [3.05, 3.63) is 53.2 Å². The Kier molecular flexibility index (Phi) is 5.51. The molecule has 0 radical (unpaired) electrons. The number of hydrogen-bond acceptors (Lipinski definition) is 4. The van der Waals surface area contributed by atoms with Crippen molar-refractivity contribution in [2.24, 2.45) is 5.73 Å². The van der Waals surface area contributed by atoms with Crippen LogP contribution in [0, 0.1) is 0 Å². The van der Waals surface area contributed by atoms with Gasteiger partial charge in [0, 0.05) is 24.1 Å². The van der Waals surface area contributed by atoms with Gasteiger partial charge < -0.3 is 10.5 Å². The Morgan fingerprint density at radius 2 is 2.05 bits per heavy atom. The molecule has 0 aliphatic heterocycles. The molecule has 0 bridgehead atoms. The van der Waals surface area contributed by atoms with Crippen LogP contribution in [0.2, 0.25) is 5.02 Å². The molecular formula is C14H15ClN2OS. The second kappa shape index (κ2) is 7.38. The van der Waals surface area contributed by atoms with Crippen molar-refractivity contribution >= 4 is 23.4 Å². The van der Waals surface area contributed by atoms with E-state index in [-0.39, 0.29) is 0 Å².